The third-order valence-corrected chi connectivity index (χ3v) is 9.74. The van der Waals surface area contributed by atoms with Crippen molar-refractivity contribution in [2.45, 2.75) is 112 Å². The van der Waals surface area contributed by atoms with Crippen molar-refractivity contribution in [2.75, 3.05) is 26.9 Å². The van der Waals surface area contributed by atoms with Gasteiger partial charge in [0.25, 0.3) is 0 Å². The van der Waals surface area contributed by atoms with Crippen LogP contribution in [0.25, 0.3) is 6.08 Å². The average molecular weight is 810 g/mol. The van der Waals surface area contributed by atoms with Gasteiger partial charge in [0, 0.05) is 19.5 Å². The maximum atomic E-state index is 12.6. The first-order valence-corrected chi connectivity index (χ1v) is 18.3. The molecule has 5 rings (SSSR count). The highest BCUT2D eigenvalue weighted by molar-refractivity contribution is 5.87. The number of carbonyl (C=O) groups excluding carboxylic acids is 2. The van der Waals surface area contributed by atoms with Crippen LogP contribution in [0.2, 0.25) is 0 Å². The molecule has 19 nitrogen and oxygen atoms in total. The molecule has 0 unspecified atom stereocenters. The largest absolute Gasteiger partial charge is 0.497 e. The fourth-order valence-corrected chi connectivity index (χ4v) is 6.38. The molecule has 9 N–H and O–H groups in total. The molecular weight excluding hydrogens is 758 g/mol. The lowest BCUT2D eigenvalue weighted by atomic mass is 9.96. The van der Waals surface area contributed by atoms with Gasteiger partial charge in [0.1, 0.15) is 79.1 Å². The van der Waals surface area contributed by atoms with Gasteiger partial charge in [-0.2, -0.15) is 0 Å². The molecule has 316 valence electrons. The molecule has 0 aromatic heterocycles. The van der Waals surface area contributed by atoms with Crippen molar-refractivity contribution in [1.82, 2.24) is 5.32 Å². The van der Waals surface area contributed by atoms with E-state index < -0.39 is 111 Å². The van der Waals surface area contributed by atoms with Gasteiger partial charge < -0.3 is 84.1 Å². The van der Waals surface area contributed by atoms with Crippen molar-refractivity contribution < 1.29 is 88.3 Å². The minimum Gasteiger partial charge on any atom is -0.497 e. The van der Waals surface area contributed by atoms with Gasteiger partial charge in [-0.05, 0) is 54.8 Å². The normalized spacial score (nSPS) is 35.7. The summed E-state index contributed by atoms with van der Waals surface area (Å²) in [6.45, 7) is 1.91. The summed E-state index contributed by atoms with van der Waals surface area (Å²) in [7, 11) is 1.52. The lowest BCUT2D eigenvalue weighted by Gasteiger charge is -2.48. The van der Waals surface area contributed by atoms with E-state index in [9.17, 15) is 50.4 Å². The van der Waals surface area contributed by atoms with Gasteiger partial charge in [-0.15, -0.1) is 0 Å². The molecule has 3 aliphatic heterocycles. The number of hydrogen-bond donors (Lipinski definition) is 9. The number of esters is 1. The smallest absolute Gasteiger partial charge is 0.330 e. The Labute approximate surface area is 327 Å². The Balaban J connectivity index is 1.36. The van der Waals surface area contributed by atoms with Gasteiger partial charge in [-0.1, -0.05) is 24.3 Å². The van der Waals surface area contributed by atoms with Crippen LogP contribution < -0.4 is 14.8 Å². The van der Waals surface area contributed by atoms with Crippen molar-refractivity contribution >= 4 is 18.0 Å². The summed E-state index contributed by atoms with van der Waals surface area (Å²) in [5.74, 6) is -0.138. The summed E-state index contributed by atoms with van der Waals surface area (Å²) >= 11 is 0. The molecule has 3 saturated heterocycles. The maximum absolute atomic E-state index is 12.6. The highest BCUT2D eigenvalue weighted by atomic mass is 16.8. The van der Waals surface area contributed by atoms with Gasteiger partial charge in [-0.25, -0.2) is 4.79 Å². The standard InChI is InChI=1S/C38H51NO18/c1-18-27(43)34(56-36-32(48)30(46)28(44)24(16-40)54-36)35(38(52-18)53-23-11-6-21(7-12-23)14-15-39-19(2)41)57-37-33(49)31(47)29(45)25(55-37)17-51-26(42)13-8-20-4-9-22(50-3)10-5-20/h4-13,18,24-25,27-38,40,43-49H,14-17H2,1-3H3,(H,39,41)/t18-,24+,25+,27-,28+,29+,30+,31-,32+,33+,34+,35-,36+,37-,38+/m1/s1. The molecule has 0 radical (unpaired) electrons. The number of aliphatic hydroxyl groups excluding tert-OH is 8. The lowest BCUT2D eigenvalue weighted by molar-refractivity contribution is -0.382. The van der Waals surface area contributed by atoms with Crippen molar-refractivity contribution in [2.24, 2.45) is 0 Å². The zero-order valence-electron chi connectivity index (χ0n) is 31.4. The minimum absolute atomic E-state index is 0.174. The fraction of sp³-hybridized carbons (Fsp3) is 0.579. The third-order valence-electron chi connectivity index (χ3n) is 9.74. The number of aliphatic hydroxyl groups is 8. The molecule has 19 heteroatoms. The van der Waals surface area contributed by atoms with E-state index >= 15 is 0 Å². The van der Waals surface area contributed by atoms with Gasteiger partial charge in [0.05, 0.1) is 19.8 Å². The number of benzene rings is 2. The minimum atomic E-state index is -1.94. The topological polar surface area (TPSA) is 282 Å². The maximum Gasteiger partial charge on any atom is 0.330 e. The van der Waals surface area contributed by atoms with E-state index in [4.69, 9.17) is 37.9 Å². The van der Waals surface area contributed by atoms with Crippen LogP contribution in [0.15, 0.2) is 54.6 Å². The first-order valence-electron chi connectivity index (χ1n) is 18.3. The first kappa shape index (κ1) is 44.3. The van der Waals surface area contributed by atoms with E-state index in [2.05, 4.69) is 5.32 Å². The Morgan fingerprint density at radius 1 is 0.719 bits per heavy atom. The highest BCUT2D eigenvalue weighted by Gasteiger charge is 2.54. The van der Waals surface area contributed by atoms with E-state index in [1.54, 1.807) is 48.5 Å². The summed E-state index contributed by atoms with van der Waals surface area (Å²) in [6.07, 6.45) is -21.6. The van der Waals surface area contributed by atoms with Crippen molar-refractivity contribution in [3.8, 4) is 11.5 Å². The summed E-state index contributed by atoms with van der Waals surface area (Å²) in [5, 5.41) is 88.0. The Bertz CT molecular complexity index is 1610. The number of rotatable bonds is 15. The van der Waals surface area contributed by atoms with Crippen molar-refractivity contribution in [3.05, 3.63) is 65.7 Å². The van der Waals surface area contributed by atoms with Crippen LogP contribution in [0.4, 0.5) is 0 Å². The molecule has 3 heterocycles. The first-order chi connectivity index (χ1) is 27.2. The molecule has 1 amide bonds. The highest BCUT2D eigenvalue weighted by Crippen LogP contribution is 2.34. The predicted octanol–water partition coefficient (Wildman–Crippen LogP) is -2.51. The summed E-state index contributed by atoms with van der Waals surface area (Å²) in [6, 6.07) is 13.5. The van der Waals surface area contributed by atoms with E-state index in [0.717, 1.165) is 11.6 Å². The van der Waals surface area contributed by atoms with Crippen LogP contribution >= 0.6 is 0 Å². The molecule has 0 spiro atoms. The van der Waals surface area contributed by atoms with E-state index in [-0.39, 0.29) is 11.7 Å². The van der Waals surface area contributed by atoms with E-state index in [0.29, 0.717) is 24.3 Å². The van der Waals surface area contributed by atoms with Gasteiger partial charge in [-0.3, -0.25) is 4.79 Å². The Kier molecular flexibility index (Phi) is 15.7. The number of hydrogen-bond acceptors (Lipinski definition) is 18. The molecule has 0 bridgehead atoms. The van der Waals surface area contributed by atoms with Crippen LogP contribution in [-0.2, 0) is 44.4 Å². The monoisotopic (exact) mass is 809 g/mol. The van der Waals surface area contributed by atoms with Crippen LogP contribution in [0, 0.1) is 0 Å². The van der Waals surface area contributed by atoms with E-state index in [1.165, 1.54) is 27.0 Å². The third kappa shape index (κ3) is 11.2. The lowest BCUT2D eigenvalue weighted by Crippen LogP contribution is -2.67. The summed E-state index contributed by atoms with van der Waals surface area (Å²) in [5.41, 5.74) is 1.52. The van der Waals surface area contributed by atoms with Crippen LogP contribution in [0.3, 0.4) is 0 Å². The number of nitrogens with one attached hydrogen (secondary N) is 1. The summed E-state index contributed by atoms with van der Waals surface area (Å²) < 4.78 is 46.0. The SMILES string of the molecule is COc1ccc(C=CC(=O)OC[C@@H]2O[C@H](O[C@H]3[C@H](Oc4ccc(CCNC(C)=O)cc4)O[C@H](C)[C@@H](O)[C@@H]3O[C@@H]3O[C@@H](CO)[C@H](O)[C@H](O)[C@@H]3O)[C@@H](O)[C@H](O)[C@H]2O)cc1. The summed E-state index contributed by atoms with van der Waals surface area (Å²) in [4.78, 5) is 23.8. The fourth-order valence-electron chi connectivity index (χ4n) is 6.38. The zero-order chi connectivity index (χ0) is 41.4. The second-order valence-corrected chi connectivity index (χ2v) is 13.8. The Hall–Kier alpha value is -3.80. The molecule has 3 fully saturated rings. The van der Waals surface area contributed by atoms with Crippen LogP contribution in [-0.4, -0.2) is 172 Å². The molecule has 2 aromatic rings. The van der Waals surface area contributed by atoms with Crippen molar-refractivity contribution in [3.63, 3.8) is 0 Å². The molecule has 2 aromatic carbocycles. The van der Waals surface area contributed by atoms with Crippen LogP contribution in [0.5, 0.6) is 11.5 Å². The number of amides is 1. The predicted molar refractivity (Wildman–Crippen MR) is 193 cm³/mol. The van der Waals surface area contributed by atoms with E-state index in [1.807, 2.05) is 0 Å². The molecule has 0 saturated carbocycles. The van der Waals surface area contributed by atoms with Crippen molar-refractivity contribution in [1.29, 1.82) is 0 Å². The second-order valence-electron chi connectivity index (χ2n) is 13.8. The zero-order valence-corrected chi connectivity index (χ0v) is 31.4. The molecule has 57 heavy (non-hydrogen) atoms. The van der Waals surface area contributed by atoms with Gasteiger partial charge in [0.15, 0.2) is 18.7 Å². The molecular formula is C38H51NO18. The Morgan fingerprint density at radius 2 is 1.30 bits per heavy atom. The molecule has 3 aliphatic rings. The molecule has 0 aliphatic carbocycles. The molecule has 15 atom stereocenters. The van der Waals surface area contributed by atoms with Gasteiger partial charge >= 0.3 is 5.97 Å². The quantitative estimate of drug-likeness (QED) is 0.0664. The number of carbonyl (C=O) groups is 2. The number of methoxy groups -OCH3 is 1. The second kappa shape index (κ2) is 20.3. The number of ether oxygens (including phenoxy) is 8. The average Bonchev–Trinajstić information content (AvgIpc) is 3.20. The Morgan fingerprint density at radius 3 is 1.89 bits per heavy atom. The van der Waals surface area contributed by atoms with Crippen LogP contribution in [0.1, 0.15) is 25.0 Å². The van der Waals surface area contributed by atoms with Gasteiger partial charge in [0.2, 0.25) is 12.2 Å².